The number of hydrogen-bond donors (Lipinski definition) is 1. The molecule has 0 unspecified atom stereocenters. The van der Waals surface area contributed by atoms with Crippen molar-refractivity contribution in [2.24, 2.45) is 13.0 Å². The summed E-state index contributed by atoms with van der Waals surface area (Å²) in [6.07, 6.45) is 3.38. The zero-order valence-electron chi connectivity index (χ0n) is 11.4. The molecule has 0 saturated heterocycles. The van der Waals surface area contributed by atoms with Crippen LogP contribution in [0.1, 0.15) is 45.0 Å². The third-order valence-corrected chi connectivity index (χ3v) is 3.37. The van der Waals surface area contributed by atoms with Gasteiger partial charge < -0.3 is 5.32 Å². The van der Waals surface area contributed by atoms with Gasteiger partial charge in [0.2, 0.25) is 0 Å². The largest absolute Gasteiger partial charge is 0.311 e. The van der Waals surface area contributed by atoms with Crippen molar-refractivity contribution in [3.8, 4) is 0 Å². The number of nitrogens with one attached hydrogen (secondary N) is 1. The van der Waals surface area contributed by atoms with E-state index in [-0.39, 0.29) is 0 Å². The van der Waals surface area contributed by atoms with E-state index in [1.165, 1.54) is 12.8 Å². The third-order valence-electron chi connectivity index (χ3n) is 2.93. The molecule has 0 aliphatic heterocycles. The third kappa shape index (κ3) is 4.32. The average Bonchev–Trinajstić information content (AvgIpc) is 2.54. The van der Waals surface area contributed by atoms with Crippen LogP contribution in [0.3, 0.4) is 0 Å². The van der Waals surface area contributed by atoms with Crippen molar-refractivity contribution in [2.45, 2.75) is 46.6 Å². The molecule has 0 aromatic carbocycles. The fourth-order valence-electron chi connectivity index (χ4n) is 1.85. The van der Waals surface area contributed by atoms with Crippen molar-refractivity contribution >= 4 is 11.6 Å². The molecule has 0 bridgehead atoms. The molecular formula is C13H24ClN3. The lowest BCUT2D eigenvalue weighted by atomic mass is 10.1. The van der Waals surface area contributed by atoms with Crippen LogP contribution in [0.15, 0.2) is 0 Å². The molecule has 0 spiro atoms. The fourth-order valence-corrected chi connectivity index (χ4v) is 2.21. The first-order chi connectivity index (χ1) is 8.06. The van der Waals surface area contributed by atoms with Gasteiger partial charge in [-0.15, -0.1) is 0 Å². The van der Waals surface area contributed by atoms with Gasteiger partial charge in [0.15, 0.2) is 0 Å². The van der Waals surface area contributed by atoms with E-state index in [1.54, 1.807) is 0 Å². The Balaban J connectivity index is 2.39. The van der Waals surface area contributed by atoms with Crippen molar-refractivity contribution in [2.75, 3.05) is 6.54 Å². The predicted octanol–water partition coefficient (Wildman–Crippen LogP) is 3.16. The highest BCUT2D eigenvalue weighted by molar-refractivity contribution is 6.31. The molecule has 4 heteroatoms. The van der Waals surface area contributed by atoms with Gasteiger partial charge in [-0.3, -0.25) is 4.68 Å². The molecule has 1 rings (SSSR count). The smallest absolute Gasteiger partial charge is 0.0863 e. The molecule has 0 atom stereocenters. The summed E-state index contributed by atoms with van der Waals surface area (Å²) in [7, 11) is 1.95. The van der Waals surface area contributed by atoms with Crippen LogP contribution in [-0.4, -0.2) is 16.3 Å². The quantitative estimate of drug-likeness (QED) is 0.761. The van der Waals surface area contributed by atoms with Crippen LogP contribution in [0.25, 0.3) is 0 Å². The number of halogens is 1. The minimum atomic E-state index is 0.781. The number of rotatable bonds is 7. The van der Waals surface area contributed by atoms with E-state index in [1.807, 2.05) is 11.7 Å². The van der Waals surface area contributed by atoms with Crippen LogP contribution in [0, 0.1) is 5.92 Å². The molecule has 98 valence electrons. The Kier molecular flexibility index (Phi) is 6.00. The van der Waals surface area contributed by atoms with Crippen molar-refractivity contribution in [3.05, 3.63) is 16.4 Å². The van der Waals surface area contributed by atoms with Crippen LogP contribution >= 0.6 is 11.6 Å². The monoisotopic (exact) mass is 257 g/mol. The van der Waals surface area contributed by atoms with Crippen LogP contribution < -0.4 is 5.32 Å². The van der Waals surface area contributed by atoms with Gasteiger partial charge in [-0.05, 0) is 31.7 Å². The Morgan fingerprint density at radius 1 is 1.41 bits per heavy atom. The molecule has 0 amide bonds. The summed E-state index contributed by atoms with van der Waals surface area (Å²) in [5, 5.41) is 8.66. The zero-order valence-corrected chi connectivity index (χ0v) is 12.1. The van der Waals surface area contributed by atoms with E-state index in [4.69, 9.17) is 11.6 Å². The van der Waals surface area contributed by atoms with Gasteiger partial charge in [0.25, 0.3) is 0 Å². The van der Waals surface area contributed by atoms with Crippen LogP contribution in [0.2, 0.25) is 5.02 Å². The molecular weight excluding hydrogens is 234 g/mol. The van der Waals surface area contributed by atoms with Crippen molar-refractivity contribution in [1.29, 1.82) is 0 Å². The van der Waals surface area contributed by atoms with Crippen molar-refractivity contribution < 1.29 is 0 Å². The highest BCUT2D eigenvalue weighted by Crippen LogP contribution is 2.20. The lowest BCUT2D eigenvalue weighted by molar-refractivity contribution is 0.521. The maximum atomic E-state index is 6.27. The Labute approximate surface area is 110 Å². The summed E-state index contributed by atoms with van der Waals surface area (Å²) in [6.45, 7) is 8.44. The Hall–Kier alpha value is -0.540. The van der Waals surface area contributed by atoms with E-state index in [0.29, 0.717) is 0 Å². The molecule has 0 saturated carbocycles. The van der Waals surface area contributed by atoms with Gasteiger partial charge in [-0.2, -0.15) is 5.10 Å². The lowest BCUT2D eigenvalue weighted by Gasteiger charge is -2.07. The molecule has 1 aromatic heterocycles. The first-order valence-corrected chi connectivity index (χ1v) is 6.85. The molecule has 1 N–H and O–H groups in total. The van der Waals surface area contributed by atoms with E-state index in [0.717, 1.165) is 41.8 Å². The first kappa shape index (κ1) is 14.5. The summed E-state index contributed by atoms with van der Waals surface area (Å²) in [5.41, 5.74) is 2.08. The topological polar surface area (TPSA) is 29.9 Å². The Bertz CT molecular complexity index is 345. The van der Waals surface area contributed by atoms with E-state index >= 15 is 0 Å². The Morgan fingerprint density at radius 3 is 2.65 bits per heavy atom. The fraction of sp³-hybridized carbons (Fsp3) is 0.769. The normalized spacial score (nSPS) is 11.4. The van der Waals surface area contributed by atoms with Crippen LogP contribution in [0.4, 0.5) is 0 Å². The molecule has 0 aliphatic carbocycles. The summed E-state index contributed by atoms with van der Waals surface area (Å²) in [6, 6.07) is 0. The minimum Gasteiger partial charge on any atom is -0.311 e. The van der Waals surface area contributed by atoms with E-state index in [2.05, 4.69) is 31.2 Å². The van der Waals surface area contributed by atoms with Gasteiger partial charge >= 0.3 is 0 Å². The van der Waals surface area contributed by atoms with Crippen molar-refractivity contribution in [1.82, 2.24) is 15.1 Å². The average molecular weight is 258 g/mol. The zero-order chi connectivity index (χ0) is 12.8. The second-order valence-corrected chi connectivity index (χ2v) is 5.28. The lowest BCUT2D eigenvalue weighted by Crippen LogP contribution is -2.17. The highest BCUT2D eigenvalue weighted by Gasteiger charge is 2.11. The minimum absolute atomic E-state index is 0.781. The maximum Gasteiger partial charge on any atom is 0.0863 e. The standard InChI is InChI=1S/C13H24ClN3/c1-5-11-13(14)12(17(4)16-11)9-15-8-6-7-10(2)3/h10,15H,5-9H2,1-4H3. The second kappa shape index (κ2) is 7.02. The van der Waals surface area contributed by atoms with Crippen molar-refractivity contribution in [3.63, 3.8) is 0 Å². The maximum absolute atomic E-state index is 6.27. The number of nitrogens with zero attached hydrogens (tertiary/aromatic N) is 2. The highest BCUT2D eigenvalue weighted by atomic mass is 35.5. The molecule has 0 aliphatic rings. The van der Waals surface area contributed by atoms with E-state index in [9.17, 15) is 0 Å². The molecule has 1 heterocycles. The number of aromatic nitrogens is 2. The van der Waals surface area contributed by atoms with Gasteiger partial charge in [0.05, 0.1) is 16.4 Å². The summed E-state index contributed by atoms with van der Waals surface area (Å²) in [4.78, 5) is 0. The summed E-state index contributed by atoms with van der Waals surface area (Å²) in [5.74, 6) is 0.781. The molecule has 17 heavy (non-hydrogen) atoms. The first-order valence-electron chi connectivity index (χ1n) is 6.47. The van der Waals surface area contributed by atoms with Gasteiger partial charge in [0, 0.05) is 13.6 Å². The summed E-state index contributed by atoms with van der Waals surface area (Å²) >= 11 is 6.27. The second-order valence-electron chi connectivity index (χ2n) is 4.90. The van der Waals surface area contributed by atoms with Crippen LogP contribution in [-0.2, 0) is 20.0 Å². The van der Waals surface area contributed by atoms with Gasteiger partial charge in [0.1, 0.15) is 0 Å². The summed E-state index contributed by atoms with van der Waals surface area (Å²) < 4.78 is 1.89. The Morgan fingerprint density at radius 2 is 2.12 bits per heavy atom. The van der Waals surface area contributed by atoms with E-state index < -0.39 is 0 Å². The number of hydrogen-bond acceptors (Lipinski definition) is 2. The van der Waals surface area contributed by atoms with Gasteiger partial charge in [-0.1, -0.05) is 32.4 Å². The number of aryl methyl sites for hydroxylation is 2. The molecule has 0 radical (unpaired) electrons. The molecule has 3 nitrogen and oxygen atoms in total. The molecule has 0 fully saturated rings. The molecule has 1 aromatic rings. The van der Waals surface area contributed by atoms with Gasteiger partial charge in [-0.25, -0.2) is 0 Å². The van der Waals surface area contributed by atoms with Crippen LogP contribution in [0.5, 0.6) is 0 Å². The predicted molar refractivity (Wildman–Crippen MR) is 73.4 cm³/mol. The SMILES string of the molecule is CCc1nn(C)c(CNCCCC(C)C)c1Cl.